The van der Waals surface area contributed by atoms with Crippen LogP contribution >= 0.6 is 0 Å². The Labute approximate surface area is 96.1 Å². The molecule has 2 N–H and O–H groups in total. The molecule has 0 spiro atoms. The van der Waals surface area contributed by atoms with Crippen molar-refractivity contribution in [2.24, 2.45) is 0 Å². The van der Waals surface area contributed by atoms with Gasteiger partial charge in [0.05, 0.1) is 16.6 Å². The number of nitrogens with one attached hydrogen (secondary N) is 1. The molecule has 0 saturated heterocycles. The Kier molecular flexibility index (Phi) is 2.01. The number of H-pyrrole nitrogens is 1. The van der Waals surface area contributed by atoms with Crippen molar-refractivity contribution in [1.82, 2.24) is 9.97 Å². The SMILES string of the molecule is O=C(O)c1cnc2cc(C3CC3)c(=O)[nH]c2c1. The third-order valence-corrected chi connectivity index (χ3v) is 2.99. The van der Waals surface area contributed by atoms with E-state index in [1.165, 1.54) is 12.3 Å². The Morgan fingerprint density at radius 2 is 2.18 bits per heavy atom. The van der Waals surface area contributed by atoms with Gasteiger partial charge in [-0.2, -0.15) is 0 Å². The highest BCUT2D eigenvalue weighted by Crippen LogP contribution is 2.38. The molecule has 3 rings (SSSR count). The van der Waals surface area contributed by atoms with Gasteiger partial charge in [0, 0.05) is 11.8 Å². The smallest absolute Gasteiger partial charge is 0.337 e. The van der Waals surface area contributed by atoms with Crippen LogP contribution in [0.5, 0.6) is 0 Å². The summed E-state index contributed by atoms with van der Waals surface area (Å²) in [6.07, 6.45) is 3.39. The summed E-state index contributed by atoms with van der Waals surface area (Å²) in [7, 11) is 0. The lowest BCUT2D eigenvalue weighted by atomic mass is 10.1. The molecule has 1 aliphatic rings. The zero-order valence-electron chi connectivity index (χ0n) is 8.93. The molecular weight excluding hydrogens is 220 g/mol. The molecule has 1 aliphatic carbocycles. The number of rotatable bonds is 2. The first-order valence-corrected chi connectivity index (χ1v) is 5.41. The lowest BCUT2D eigenvalue weighted by Crippen LogP contribution is -2.12. The molecule has 2 aromatic rings. The molecule has 1 fully saturated rings. The molecule has 0 unspecified atom stereocenters. The fourth-order valence-corrected chi connectivity index (χ4v) is 1.91. The van der Waals surface area contributed by atoms with Crippen molar-refractivity contribution in [1.29, 1.82) is 0 Å². The van der Waals surface area contributed by atoms with Gasteiger partial charge in [0.2, 0.25) is 0 Å². The highest BCUT2D eigenvalue weighted by molar-refractivity contribution is 5.91. The minimum Gasteiger partial charge on any atom is -0.478 e. The molecule has 86 valence electrons. The van der Waals surface area contributed by atoms with Crippen molar-refractivity contribution in [2.45, 2.75) is 18.8 Å². The number of aromatic amines is 1. The number of hydrogen-bond donors (Lipinski definition) is 2. The van der Waals surface area contributed by atoms with Crippen molar-refractivity contribution < 1.29 is 9.90 Å². The van der Waals surface area contributed by atoms with E-state index in [-0.39, 0.29) is 11.1 Å². The van der Waals surface area contributed by atoms with Crippen LogP contribution in [0.15, 0.2) is 23.1 Å². The van der Waals surface area contributed by atoms with Crippen LogP contribution in [-0.2, 0) is 0 Å². The summed E-state index contributed by atoms with van der Waals surface area (Å²) in [4.78, 5) is 29.3. The average Bonchev–Trinajstić information content (AvgIpc) is 3.11. The van der Waals surface area contributed by atoms with Gasteiger partial charge in [-0.25, -0.2) is 4.79 Å². The second kappa shape index (κ2) is 3.41. The molecule has 0 aliphatic heterocycles. The van der Waals surface area contributed by atoms with E-state index < -0.39 is 5.97 Å². The second-order valence-electron chi connectivity index (χ2n) is 4.29. The molecule has 1 saturated carbocycles. The Balaban J connectivity index is 2.22. The van der Waals surface area contributed by atoms with Crippen LogP contribution in [0.2, 0.25) is 0 Å². The Morgan fingerprint density at radius 3 is 2.82 bits per heavy atom. The Morgan fingerprint density at radius 1 is 1.41 bits per heavy atom. The summed E-state index contributed by atoms with van der Waals surface area (Å²) in [6.45, 7) is 0. The largest absolute Gasteiger partial charge is 0.478 e. The maximum absolute atomic E-state index is 11.8. The molecule has 0 bridgehead atoms. The minimum absolute atomic E-state index is 0.0762. The molecule has 5 heteroatoms. The van der Waals surface area contributed by atoms with E-state index in [1.54, 1.807) is 6.07 Å². The van der Waals surface area contributed by atoms with Crippen molar-refractivity contribution in [2.75, 3.05) is 0 Å². The van der Waals surface area contributed by atoms with Crippen molar-refractivity contribution in [3.05, 3.63) is 39.8 Å². The maximum Gasteiger partial charge on any atom is 0.337 e. The van der Waals surface area contributed by atoms with Crippen LogP contribution in [0.3, 0.4) is 0 Å². The number of aromatic nitrogens is 2. The second-order valence-corrected chi connectivity index (χ2v) is 4.29. The highest BCUT2D eigenvalue weighted by Gasteiger charge is 2.26. The molecule has 0 amide bonds. The molecular formula is C12H10N2O3. The van der Waals surface area contributed by atoms with Gasteiger partial charge in [0.15, 0.2) is 0 Å². The number of aromatic carboxylic acids is 1. The van der Waals surface area contributed by atoms with E-state index in [4.69, 9.17) is 5.11 Å². The predicted molar refractivity (Wildman–Crippen MR) is 61.3 cm³/mol. The van der Waals surface area contributed by atoms with Crippen LogP contribution in [-0.4, -0.2) is 21.0 Å². The molecule has 0 aromatic carbocycles. The fourth-order valence-electron chi connectivity index (χ4n) is 1.91. The first-order chi connectivity index (χ1) is 8.15. The van der Waals surface area contributed by atoms with E-state index in [9.17, 15) is 9.59 Å². The quantitative estimate of drug-likeness (QED) is 0.818. The van der Waals surface area contributed by atoms with E-state index in [0.717, 1.165) is 18.4 Å². The van der Waals surface area contributed by atoms with Crippen molar-refractivity contribution in [3.63, 3.8) is 0 Å². The monoisotopic (exact) mass is 230 g/mol. The predicted octanol–water partition coefficient (Wildman–Crippen LogP) is 1.50. The van der Waals surface area contributed by atoms with E-state index in [0.29, 0.717) is 17.0 Å². The van der Waals surface area contributed by atoms with Crippen LogP contribution < -0.4 is 5.56 Å². The van der Waals surface area contributed by atoms with Crippen LogP contribution in [0.1, 0.15) is 34.7 Å². The third kappa shape index (κ3) is 1.69. The van der Waals surface area contributed by atoms with Gasteiger partial charge in [-0.05, 0) is 30.9 Å². The summed E-state index contributed by atoms with van der Waals surface area (Å²) in [6, 6.07) is 3.19. The number of pyridine rings is 2. The summed E-state index contributed by atoms with van der Waals surface area (Å²) < 4.78 is 0. The maximum atomic E-state index is 11.8. The molecule has 0 atom stereocenters. The van der Waals surface area contributed by atoms with Crippen LogP contribution in [0.4, 0.5) is 0 Å². The zero-order valence-corrected chi connectivity index (χ0v) is 8.93. The number of carbonyl (C=O) groups is 1. The number of carboxylic acid groups (broad SMARTS) is 1. The van der Waals surface area contributed by atoms with Gasteiger partial charge in [-0.3, -0.25) is 9.78 Å². The summed E-state index contributed by atoms with van der Waals surface area (Å²) in [5.41, 5.74) is 1.81. The summed E-state index contributed by atoms with van der Waals surface area (Å²) in [5.74, 6) is -0.699. The van der Waals surface area contributed by atoms with Gasteiger partial charge in [0.25, 0.3) is 5.56 Å². The first kappa shape index (κ1) is 10.0. The Bertz CT molecular complexity index is 671. The first-order valence-electron chi connectivity index (χ1n) is 5.41. The molecule has 17 heavy (non-hydrogen) atoms. The van der Waals surface area contributed by atoms with Crippen LogP contribution in [0, 0.1) is 0 Å². The van der Waals surface area contributed by atoms with Gasteiger partial charge >= 0.3 is 5.97 Å². The fraction of sp³-hybridized carbons (Fsp3) is 0.250. The summed E-state index contributed by atoms with van der Waals surface area (Å²) in [5, 5.41) is 8.83. The lowest BCUT2D eigenvalue weighted by Gasteiger charge is -2.02. The van der Waals surface area contributed by atoms with E-state index in [1.807, 2.05) is 0 Å². The molecule has 0 radical (unpaired) electrons. The molecule has 5 nitrogen and oxygen atoms in total. The Hall–Kier alpha value is -2.17. The van der Waals surface area contributed by atoms with E-state index in [2.05, 4.69) is 9.97 Å². The standard InChI is InChI=1S/C12H10N2O3/c15-11-8(6-1-2-6)4-9-10(14-11)3-7(5-13-9)12(16)17/h3-6H,1-2H2,(H,14,15)(H,16,17). The summed E-state index contributed by atoms with van der Waals surface area (Å²) >= 11 is 0. The third-order valence-electron chi connectivity index (χ3n) is 2.99. The topological polar surface area (TPSA) is 83.0 Å². The van der Waals surface area contributed by atoms with Crippen LogP contribution in [0.25, 0.3) is 11.0 Å². The minimum atomic E-state index is -1.05. The molecule has 2 aromatic heterocycles. The highest BCUT2D eigenvalue weighted by atomic mass is 16.4. The van der Waals surface area contributed by atoms with Crippen molar-refractivity contribution in [3.8, 4) is 0 Å². The average molecular weight is 230 g/mol. The van der Waals surface area contributed by atoms with Gasteiger partial charge < -0.3 is 10.1 Å². The van der Waals surface area contributed by atoms with Gasteiger partial charge in [0.1, 0.15) is 0 Å². The molecule has 2 heterocycles. The normalized spacial score (nSPS) is 15.1. The van der Waals surface area contributed by atoms with Crippen molar-refractivity contribution >= 4 is 17.0 Å². The lowest BCUT2D eigenvalue weighted by molar-refractivity contribution is 0.0696. The number of nitrogens with zero attached hydrogens (tertiary/aromatic N) is 1. The number of hydrogen-bond acceptors (Lipinski definition) is 3. The number of fused-ring (bicyclic) bond motifs is 1. The zero-order chi connectivity index (χ0) is 12.0. The van der Waals surface area contributed by atoms with E-state index >= 15 is 0 Å². The van der Waals surface area contributed by atoms with Gasteiger partial charge in [-0.1, -0.05) is 0 Å². The number of carboxylic acids is 1. The van der Waals surface area contributed by atoms with Gasteiger partial charge in [-0.15, -0.1) is 0 Å².